The van der Waals surface area contributed by atoms with Crippen LogP contribution in [0, 0.1) is 22.0 Å². The van der Waals surface area contributed by atoms with Crippen LogP contribution in [0.2, 0.25) is 0 Å². The van der Waals surface area contributed by atoms with E-state index in [0.29, 0.717) is 24.0 Å². The summed E-state index contributed by atoms with van der Waals surface area (Å²) < 4.78 is 5.46. The number of rotatable bonds is 7. The van der Waals surface area contributed by atoms with E-state index in [1.54, 1.807) is 6.92 Å². The number of fused-ring (bicyclic) bond motifs is 1. The standard InChI is InChI=1S/C22H25N3O7/c1-11(2)16-9-18(32-23-16)15-8-17-19(12(3)26)21(27)24(17)20(15)22(28)31-10-13-4-6-14(7-5-13)25(29)30/h4-7,11-12,17-19,26H,8-10H2,1-3H3/t12-,17-,18+,19-/m1/s1. The molecule has 0 spiro atoms. The second-order valence-corrected chi connectivity index (χ2v) is 8.66. The maximum Gasteiger partial charge on any atom is 0.355 e. The molecule has 0 aromatic heterocycles. The summed E-state index contributed by atoms with van der Waals surface area (Å²) in [5.74, 6) is -1.36. The Hall–Kier alpha value is -3.27. The number of hydrogen-bond acceptors (Lipinski definition) is 8. The van der Waals surface area contributed by atoms with E-state index in [-0.39, 0.29) is 35.9 Å². The molecule has 3 aliphatic heterocycles. The van der Waals surface area contributed by atoms with Crippen molar-refractivity contribution in [3.8, 4) is 0 Å². The highest BCUT2D eigenvalue weighted by Gasteiger charge is 2.58. The first kappa shape index (κ1) is 21.9. The Morgan fingerprint density at radius 2 is 2.00 bits per heavy atom. The lowest BCUT2D eigenvalue weighted by Gasteiger charge is -2.44. The van der Waals surface area contributed by atoms with Gasteiger partial charge >= 0.3 is 5.97 Å². The first-order chi connectivity index (χ1) is 15.2. The van der Waals surface area contributed by atoms with Crippen molar-refractivity contribution in [1.82, 2.24) is 4.90 Å². The Morgan fingerprint density at radius 1 is 1.31 bits per heavy atom. The summed E-state index contributed by atoms with van der Waals surface area (Å²) in [6.07, 6.45) is -0.343. The highest BCUT2D eigenvalue weighted by molar-refractivity contribution is 6.01. The van der Waals surface area contributed by atoms with Gasteiger partial charge in [0.2, 0.25) is 5.91 Å². The molecule has 4 atom stereocenters. The van der Waals surface area contributed by atoms with Crippen LogP contribution in [0.3, 0.4) is 0 Å². The molecular weight excluding hydrogens is 418 g/mol. The third kappa shape index (κ3) is 3.75. The molecule has 10 nitrogen and oxygen atoms in total. The molecule has 1 amide bonds. The zero-order chi connectivity index (χ0) is 23.2. The van der Waals surface area contributed by atoms with E-state index in [2.05, 4.69) is 5.16 Å². The van der Waals surface area contributed by atoms with Crippen LogP contribution < -0.4 is 0 Å². The van der Waals surface area contributed by atoms with Crippen LogP contribution >= 0.6 is 0 Å². The van der Waals surface area contributed by atoms with Crippen LogP contribution in [0.5, 0.6) is 0 Å². The molecule has 10 heteroatoms. The first-order valence-corrected chi connectivity index (χ1v) is 10.6. The van der Waals surface area contributed by atoms with Crippen molar-refractivity contribution in [2.75, 3.05) is 0 Å². The lowest BCUT2D eigenvalue weighted by Crippen LogP contribution is -2.61. The number of hydrogen-bond donors (Lipinski definition) is 1. The third-order valence-corrected chi connectivity index (χ3v) is 6.22. The van der Waals surface area contributed by atoms with Gasteiger partial charge in [-0.05, 0) is 37.0 Å². The van der Waals surface area contributed by atoms with Crippen LogP contribution in [0.1, 0.15) is 39.2 Å². The van der Waals surface area contributed by atoms with E-state index < -0.39 is 29.0 Å². The van der Waals surface area contributed by atoms with E-state index in [4.69, 9.17) is 9.57 Å². The maximum atomic E-state index is 13.1. The number of ether oxygens (including phenoxy) is 1. The normalized spacial score (nSPS) is 25.3. The number of β-lactam (4-membered cyclic amide) rings is 1. The predicted octanol–water partition coefficient (Wildman–Crippen LogP) is 2.30. The molecule has 32 heavy (non-hydrogen) atoms. The number of non-ortho nitro benzene ring substituents is 1. The van der Waals surface area contributed by atoms with Gasteiger partial charge in [-0.15, -0.1) is 0 Å². The largest absolute Gasteiger partial charge is 0.456 e. The average Bonchev–Trinajstić information content (AvgIpc) is 3.35. The minimum Gasteiger partial charge on any atom is -0.456 e. The highest BCUT2D eigenvalue weighted by atomic mass is 16.6. The molecule has 1 fully saturated rings. The van der Waals surface area contributed by atoms with E-state index in [1.165, 1.54) is 29.2 Å². The number of aliphatic hydroxyl groups is 1. The van der Waals surface area contributed by atoms with Gasteiger partial charge in [-0.25, -0.2) is 4.79 Å². The molecule has 0 saturated carbocycles. The van der Waals surface area contributed by atoms with Gasteiger partial charge in [0.15, 0.2) is 6.10 Å². The van der Waals surface area contributed by atoms with Crippen LogP contribution in [0.4, 0.5) is 5.69 Å². The molecule has 1 saturated heterocycles. The van der Waals surface area contributed by atoms with Gasteiger partial charge in [0.1, 0.15) is 12.3 Å². The second-order valence-electron chi connectivity index (χ2n) is 8.66. The minimum atomic E-state index is -0.826. The number of esters is 1. The summed E-state index contributed by atoms with van der Waals surface area (Å²) in [6.45, 7) is 5.48. The number of benzene rings is 1. The monoisotopic (exact) mass is 443 g/mol. The van der Waals surface area contributed by atoms with Crippen molar-refractivity contribution in [3.05, 3.63) is 51.2 Å². The number of nitro groups is 1. The van der Waals surface area contributed by atoms with Gasteiger partial charge in [0.05, 0.1) is 28.7 Å². The molecule has 1 aromatic carbocycles. The van der Waals surface area contributed by atoms with E-state index in [9.17, 15) is 24.8 Å². The number of aliphatic hydroxyl groups excluding tert-OH is 1. The van der Waals surface area contributed by atoms with Crippen molar-refractivity contribution in [2.45, 2.75) is 58.5 Å². The van der Waals surface area contributed by atoms with E-state index in [0.717, 1.165) is 5.71 Å². The Bertz CT molecular complexity index is 1010. The predicted molar refractivity (Wildman–Crippen MR) is 112 cm³/mol. The number of nitro benzene ring substituents is 1. The SMILES string of the molecule is CC(C)C1=NO[C@H](C2=C(C(=O)OCc3ccc([N+](=O)[O-])cc3)N3C(=O)[C@H]([C@@H](C)O)[C@H]3C2)C1. The van der Waals surface area contributed by atoms with E-state index in [1.807, 2.05) is 13.8 Å². The summed E-state index contributed by atoms with van der Waals surface area (Å²) in [7, 11) is 0. The smallest absolute Gasteiger partial charge is 0.355 e. The Balaban J connectivity index is 1.54. The van der Waals surface area contributed by atoms with Crippen LogP contribution in [-0.4, -0.2) is 50.8 Å². The zero-order valence-electron chi connectivity index (χ0n) is 18.1. The fourth-order valence-corrected chi connectivity index (χ4v) is 4.43. The van der Waals surface area contributed by atoms with Gasteiger partial charge in [-0.1, -0.05) is 19.0 Å². The van der Waals surface area contributed by atoms with Crippen molar-refractivity contribution < 1.29 is 29.2 Å². The Labute approximate surface area is 184 Å². The summed E-state index contributed by atoms with van der Waals surface area (Å²) >= 11 is 0. The molecule has 0 unspecified atom stereocenters. The topological polar surface area (TPSA) is 132 Å². The summed E-state index contributed by atoms with van der Waals surface area (Å²) in [6, 6.07) is 5.38. The first-order valence-electron chi connectivity index (χ1n) is 10.6. The fraction of sp³-hybridized carbons (Fsp3) is 0.500. The highest BCUT2D eigenvalue weighted by Crippen LogP contribution is 2.46. The fourth-order valence-electron chi connectivity index (χ4n) is 4.43. The minimum absolute atomic E-state index is 0.0571. The molecular formula is C22H25N3O7. The number of carbonyl (C=O) groups is 2. The van der Waals surface area contributed by atoms with Crippen molar-refractivity contribution in [1.29, 1.82) is 0 Å². The molecule has 0 aliphatic carbocycles. The number of carbonyl (C=O) groups excluding carboxylic acids is 2. The van der Waals surface area contributed by atoms with Crippen molar-refractivity contribution >= 4 is 23.3 Å². The number of amides is 1. The Kier molecular flexibility index (Phi) is 5.72. The molecule has 0 bridgehead atoms. The maximum absolute atomic E-state index is 13.1. The Morgan fingerprint density at radius 3 is 2.56 bits per heavy atom. The second kappa shape index (κ2) is 8.34. The molecule has 4 rings (SSSR count). The van der Waals surface area contributed by atoms with Crippen LogP contribution in [-0.2, 0) is 25.8 Å². The molecule has 3 heterocycles. The summed E-state index contributed by atoms with van der Waals surface area (Å²) in [4.78, 5) is 43.0. The van der Waals surface area contributed by atoms with Gasteiger partial charge in [0.25, 0.3) is 5.69 Å². The number of nitrogens with zero attached hydrogens (tertiary/aromatic N) is 3. The summed E-state index contributed by atoms with van der Waals surface area (Å²) in [5.41, 5.74) is 2.22. The third-order valence-electron chi connectivity index (χ3n) is 6.22. The zero-order valence-corrected chi connectivity index (χ0v) is 18.1. The van der Waals surface area contributed by atoms with Crippen LogP contribution in [0.25, 0.3) is 0 Å². The average molecular weight is 443 g/mol. The van der Waals surface area contributed by atoms with E-state index >= 15 is 0 Å². The quantitative estimate of drug-likeness (QED) is 0.296. The molecule has 3 aliphatic rings. The van der Waals surface area contributed by atoms with Crippen molar-refractivity contribution in [3.63, 3.8) is 0 Å². The summed E-state index contributed by atoms with van der Waals surface area (Å²) in [5, 5.41) is 24.9. The van der Waals surface area contributed by atoms with Gasteiger partial charge in [0, 0.05) is 24.1 Å². The lowest BCUT2D eigenvalue weighted by atomic mass is 9.82. The van der Waals surface area contributed by atoms with Gasteiger partial charge in [-0.3, -0.25) is 14.9 Å². The molecule has 1 aromatic rings. The molecule has 0 radical (unpaired) electrons. The number of oxime groups is 1. The van der Waals surface area contributed by atoms with Crippen LogP contribution in [0.15, 0.2) is 40.7 Å². The molecule has 1 N–H and O–H groups in total. The molecule has 170 valence electrons. The van der Waals surface area contributed by atoms with Gasteiger partial charge in [-0.2, -0.15) is 0 Å². The van der Waals surface area contributed by atoms with Crippen molar-refractivity contribution in [2.24, 2.45) is 17.0 Å². The lowest BCUT2D eigenvalue weighted by molar-refractivity contribution is -0.384. The van der Waals surface area contributed by atoms with Gasteiger partial charge < -0.3 is 19.6 Å².